The van der Waals surface area contributed by atoms with Gasteiger partial charge in [-0.15, -0.1) is 0 Å². The normalized spacial score (nSPS) is 11.0. The lowest BCUT2D eigenvalue weighted by Gasteiger charge is -1.99. The van der Waals surface area contributed by atoms with E-state index >= 15 is 0 Å². The fourth-order valence-corrected chi connectivity index (χ4v) is 2.37. The number of esters is 1. The molecule has 6 heteroatoms. The highest BCUT2D eigenvalue weighted by Gasteiger charge is 2.11. The smallest absolute Gasteiger partial charge is 0.306 e. The lowest BCUT2D eigenvalue weighted by atomic mass is 10.2. The van der Waals surface area contributed by atoms with Crippen molar-refractivity contribution in [2.75, 3.05) is 6.61 Å². The zero-order chi connectivity index (χ0) is 18.2. The fourth-order valence-electron chi connectivity index (χ4n) is 2.24. The number of nitrogens with zero attached hydrogens (tertiary/aromatic N) is 2. The number of halogens is 1. The second kappa shape index (κ2) is 8.97. The Bertz CT molecular complexity index is 874. The van der Waals surface area contributed by atoms with E-state index in [-0.39, 0.29) is 19.0 Å². The Hall–Kier alpha value is -2.92. The average Bonchev–Trinajstić information content (AvgIpc) is 3.14. The summed E-state index contributed by atoms with van der Waals surface area (Å²) in [5, 5.41) is 4.55. The number of aromatic nitrogens is 2. The molecule has 1 aromatic heterocycles. The van der Waals surface area contributed by atoms with Gasteiger partial charge in [0.2, 0.25) is 11.7 Å². The van der Waals surface area contributed by atoms with Gasteiger partial charge in [0.25, 0.3) is 0 Å². The van der Waals surface area contributed by atoms with E-state index in [1.54, 1.807) is 18.2 Å². The van der Waals surface area contributed by atoms with Crippen LogP contribution in [0.4, 0.5) is 0 Å². The summed E-state index contributed by atoms with van der Waals surface area (Å²) in [5.41, 5.74) is 1.86. The van der Waals surface area contributed by atoms with Crippen molar-refractivity contribution in [3.05, 3.63) is 77.2 Å². The van der Waals surface area contributed by atoms with E-state index in [1.807, 2.05) is 48.5 Å². The monoisotopic (exact) mass is 368 g/mol. The maximum atomic E-state index is 11.8. The average molecular weight is 369 g/mol. The van der Waals surface area contributed by atoms with Gasteiger partial charge in [0.1, 0.15) is 6.61 Å². The number of hydrogen-bond acceptors (Lipinski definition) is 5. The van der Waals surface area contributed by atoms with Crippen LogP contribution < -0.4 is 0 Å². The molecule has 0 radical (unpaired) electrons. The summed E-state index contributed by atoms with van der Waals surface area (Å²) in [7, 11) is 0. The fraction of sp³-hybridized carbons (Fsp3) is 0.150. The van der Waals surface area contributed by atoms with Crippen molar-refractivity contribution in [2.24, 2.45) is 0 Å². The number of ether oxygens (including phenoxy) is 1. The van der Waals surface area contributed by atoms with Crippen molar-refractivity contribution in [1.82, 2.24) is 10.1 Å². The Kier molecular flexibility index (Phi) is 6.17. The van der Waals surface area contributed by atoms with Gasteiger partial charge in [0.15, 0.2) is 0 Å². The van der Waals surface area contributed by atoms with Crippen molar-refractivity contribution in [3.8, 4) is 11.4 Å². The molecule has 0 aliphatic carbocycles. The largest absolute Gasteiger partial charge is 0.461 e. The minimum absolute atomic E-state index is 0.182. The van der Waals surface area contributed by atoms with Gasteiger partial charge < -0.3 is 9.26 Å². The summed E-state index contributed by atoms with van der Waals surface area (Å²) in [5.74, 6) is 0.552. The molecule has 1 heterocycles. The van der Waals surface area contributed by atoms with E-state index in [0.717, 1.165) is 11.1 Å². The van der Waals surface area contributed by atoms with E-state index < -0.39 is 0 Å². The van der Waals surface area contributed by atoms with E-state index in [0.29, 0.717) is 23.2 Å². The highest BCUT2D eigenvalue weighted by Crippen LogP contribution is 2.19. The third kappa shape index (κ3) is 5.29. The number of benzene rings is 2. The highest BCUT2D eigenvalue weighted by molar-refractivity contribution is 6.30. The lowest BCUT2D eigenvalue weighted by Crippen LogP contribution is -2.05. The maximum Gasteiger partial charge on any atom is 0.306 e. The third-order valence-corrected chi connectivity index (χ3v) is 3.82. The van der Waals surface area contributed by atoms with Crippen molar-refractivity contribution >= 4 is 23.6 Å². The molecule has 0 unspecified atom stereocenters. The van der Waals surface area contributed by atoms with Crippen molar-refractivity contribution in [1.29, 1.82) is 0 Å². The molecule has 0 spiro atoms. The Morgan fingerprint density at radius 2 is 1.88 bits per heavy atom. The minimum atomic E-state index is -0.311. The third-order valence-electron chi connectivity index (χ3n) is 3.56. The zero-order valence-corrected chi connectivity index (χ0v) is 14.7. The molecular formula is C20H17ClN2O3. The predicted octanol–water partition coefficient (Wildman–Crippen LogP) is 4.58. The lowest BCUT2D eigenvalue weighted by molar-refractivity contribution is -0.142. The first-order chi connectivity index (χ1) is 12.7. The Balaban J connectivity index is 1.43. The molecule has 0 amide bonds. The molecule has 3 aromatic rings. The summed E-state index contributed by atoms with van der Waals surface area (Å²) in [4.78, 5) is 16.1. The van der Waals surface area contributed by atoms with Crippen LogP contribution in [0.5, 0.6) is 0 Å². The number of carbonyl (C=O) groups excluding carboxylic acids is 1. The van der Waals surface area contributed by atoms with Crippen molar-refractivity contribution < 1.29 is 14.1 Å². The second-order valence-electron chi connectivity index (χ2n) is 5.51. The number of carbonyl (C=O) groups is 1. The summed E-state index contributed by atoms with van der Waals surface area (Å²) in [6.45, 7) is 0.230. The molecule has 0 saturated heterocycles. The van der Waals surface area contributed by atoms with Gasteiger partial charge in [-0.25, -0.2) is 0 Å². The molecule has 0 aliphatic rings. The summed E-state index contributed by atoms with van der Waals surface area (Å²) < 4.78 is 10.3. The van der Waals surface area contributed by atoms with Crippen LogP contribution in [-0.2, 0) is 16.0 Å². The van der Waals surface area contributed by atoms with Crippen LogP contribution in [0.2, 0.25) is 5.02 Å². The SMILES string of the molecule is O=C(CCc1nc(-c2ccc(Cl)cc2)no1)OC/C=C/c1ccccc1. The minimum Gasteiger partial charge on any atom is -0.461 e. The highest BCUT2D eigenvalue weighted by atomic mass is 35.5. The molecule has 26 heavy (non-hydrogen) atoms. The molecule has 0 aliphatic heterocycles. The zero-order valence-electron chi connectivity index (χ0n) is 14.0. The van der Waals surface area contributed by atoms with Gasteiger partial charge in [-0.2, -0.15) is 4.98 Å². The van der Waals surface area contributed by atoms with Crippen LogP contribution in [0.1, 0.15) is 17.9 Å². The molecule has 132 valence electrons. The number of rotatable bonds is 7. The van der Waals surface area contributed by atoms with Crippen LogP contribution in [0.25, 0.3) is 17.5 Å². The molecule has 0 fully saturated rings. The first-order valence-electron chi connectivity index (χ1n) is 8.16. The summed E-state index contributed by atoms with van der Waals surface area (Å²) in [6, 6.07) is 16.9. The van der Waals surface area contributed by atoms with Gasteiger partial charge in [0, 0.05) is 17.0 Å². The van der Waals surface area contributed by atoms with E-state index in [1.165, 1.54) is 0 Å². The van der Waals surface area contributed by atoms with Crippen LogP contribution in [0.15, 0.2) is 65.2 Å². The molecule has 0 N–H and O–H groups in total. The van der Waals surface area contributed by atoms with E-state index in [2.05, 4.69) is 10.1 Å². The van der Waals surface area contributed by atoms with Crippen LogP contribution in [0.3, 0.4) is 0 Å². The maximum absolute atomic E-state index is 11.8. The Morgan fingerprint density at radius 3 is 2.65 bits per heavy atom. The van der Waals surface area contributed by atoms with Gasteiger partial charge in [0.05, 0.1) is 6.42 Å². The standard InChI is InChI=1S/C20H17ClN2O3/c21-17-10-8-16(9-11-17)20-22-18(26-23-20)12-13-19(24)25-14-4-7-15-5-2-1-3-6-15/h1-11H,12-14H2/b7-4+. The molecule has 3 rings (SSSR count). The summed E-state index contributed by atoms with van der Waals surface area (Å²) >= 11 is 5.86. The second-order valence-corrected chi connectivity index (χ2v) is 5.95. The van der Waals surface area contributed by atoms with Gasteiger partial charge in [-0.05, 0) is 35.9 Å². The quantitative estimate of drug-likeness (QED) is 0.571. The first kappa shape index (κ1) is 17.9. The first-order valence-corrected chi connectivity index (χ1v) is 8.54. The van der Waals surface area contributed by atoms with Gasteiger partial charge >= 0.3 is 5.97 Å². The predicted molar refractivity (Wildman–Crippen MR) is 99.5 cm³/mol. The van der Waals surface area contributed by atoms with Gasteiger partial charge in [-0.3, -0.25) is 4.79 Å². The van der Waals surface area contributed by atoms with Crippen LogP contribution >= 0.6 is 11.6 Å². The Labute approximate surface area is 156 Å². The number of hydrogen-bond donors (Lipinski definition) is 0. The van der Waals surface area contributed by atoms with Gasteiger partial charge in [-0.1, -0.05) is 53.2 Å². The molecule has 2 aromatic carbocycles. The number of aryl methyl sites for hydroxylation is 1. The molecule has 0 atom stereocenters. The van der Waals surface area contributed by atoms with Crippen molar-refractivity contribution in [2.45, 2.75) is 12.8 Å². The van der Waals surface area contributed by atoms with Crippen LogP contribution in [-0.4, -0.2) is 22.7 Å². The molecular weight excluding hydrogens is 352 g/mol. The molecule has 0 bridgehead atoms. The topological polar surface area (TPSA) is 65.2 Å². The van der Waals surface area contributed by atoms with Crippen LogP contribution in [0, 0.1) is 0 Å². The Morgan fingerprint density at radius 1 is 1.12 bits per heavy atom. The van der Waals surface area contributed by atoms with E-state index in [9.17, 15) is 4.79 Å². The summed E-state index contributed by atoms with van der Waals surface area (Å²) in [6.07, 6.45) is 4.23. The molecule has 5 nitrogen and oxygen atoms in total. The van der Waals surface area contributed by atoms with Crippen molar-refractivity contribution in [3.63, 3.8) is 0 Å². The van der Waals surface area contributed by atoms with E-state index in [4.69, 9.17) is 20.9 Å². The molecule has 0 saturated carbocycles.